The van der Waals surface area contributed by atoms with Crippen molar-refractivity contribution in [3.8, 4) is 11.4 Å². The van der Waals surface area contributed by atoms with Crippen molar-refractivity contribution in [1.29, 1.82) is 0 Å². The summed E-state index contributed by atoms with van der Waals surface area (Å²) < 4.78 is 32.4. The summed E-state index contributed by atoms with van der Waals surface area (Å²) in [7, 11) is 1.57. The zero-order valence-electron chi connectivity index (χ0n) is 14.5. The zero-order chi connectivity index (χ0) is 18.9. The molecule has 1 aliphatic rings. The molecule has 9 heteroatoms. The second-order valence-electron chi connectivity index (χ2n) is 6.33. The normalized spacial score (nSPS) is 16.8. The van der Waals surface area contributed by atoms with Crippen LogP contribution in [-0.4, -0.2) is 63.1 Å². The maximum atomic E-state index is 12.9. The first kappa shape index (κ1) is 18.2. The van der Waals surface area contributed by atoms with E-state index in [9.17, 15) is 18.7 Å². The molecule has 0 unspecified atom stereocenters. The molecule has 140 valence electrons. The molecule has 1 aromatic heterocycles. The number of nitrogens with zero attached hydrogens (tertiary/aromatic N) is 4. The summed E-state index contributed by atoms with van der Waals surface area (Å²) in [4.78, 5) is 14.1. The van der Waals surface area contributed by atoms with E-state index in [1.807, 2.05) is 0 Å². The summed E-state index contributed by atoms with van der Waals surface area (Å²) in [6.45, 7) is 1.82. The van der Waals surface area contributed by atoms with Crippen LogP contribution < -0.4 is 4.74 Å². The highest BCUT2D eigenvalue weighted by atomic mass is 19.3. The van der Waals surface area contributed by atoms with Gasteiger partial charge in [-0.2, -0.15) is 0 Å². The second kappa shape index (κ2) is 6.99. The van der Waals surface area contributed by atoms with Crippen molar-refractivity contribution in [3.05, 3.63) is 35.7 Å². The predicted octanol–water partition coefficient (Wildman–Crippen LogP) is 1.82. The molecule has 2 heterocycles. The molecule has 0 radical (unpaired) electrons. The first-order valence-corrected chi connectivity index (χ1v) is 8.22. The van der Waals surface area contributed by atoms with Crippen molar-refractivity contribution in [3.63, 3.8) is 0 Å². The number of hydrogen-bond acceptors (Lipinski definition) is 5. The molecule has 3 rings (SSSR count). The largest absolute Gasteiger partial charge is 0.497 e. The molecule has 0 saturated carbocycles. The number of halogens is 2. The fraction of sp³-hybridized carbons (Fsp3) is 0.471. The van der Waals surface area contributed by atoms with E-state index in [4.69, 9.17) is 4.74 Å². The summed E-state index contributed by atoms with van der Waals surface area (Å²) in [5.41, 5.74) is -0.578. The number of ether oxygens (including phenoxy) is 1. The fourth-order valence-corrected chi connectivity index (χ4v) is 2.96. The van der Waals surface area contributed by atoms with Gasteiger partial charge >= 0.3 is 0 Å². The summed E-state index contributed by atoms with van der Waals surface area (Å²) >= 11 is 0. The number of hydrogen-bond donors (Lipinski definition) is 1. The van der Waals surface area contributed by atoms with Gasteiger partial charge in [0, 0.05) is 13.1 Å². The highest BCUT2D eigenvalue weighted by Crippen LogP contribution is 2.29. The Balaban J connectivity index is 1.76. The molecule has 1 saturated heterocycles. The van der Waals surface area contributed by atoms with Gasteiger partial charge in [-0.25, -0.2) is 13.5 Å². The SMILES string of the molecule is COc1ccc(-n2nnc(C(=O)N3CCC(O)(C(F)F)CC3)c2C)cc1. The predicted molar refractivity (Wildman–Crippen MR) is 88.7 cm³/mol. The van der Waals surface area contributed by atoms with Crippen molar-refractivity contribution in [1.82, 2.24) is 19.9 Å². The minimum Gasteiger partial charge on any atom is -0.497 e. The summed E-state index contributed by atoms with van der Waals surface area (Å²) in [5.74, 6) is 0.321. The molecule has 0 atom stereocenters. The summed E-state index contributed by atoms with van der Waals surface area (Å²) in [6, 6.07) is 7.12. The van der Waals surface area contributed by atoms with E-state index in [0.29, 0.717) is 11.4 Å². The number of carbonyl (C=O) groups excluding carboxylic acids is 1. The molecular formula is C17H20F2N4O3. The molecule has 2 aromatic rings. The Bertz CT molecular complexity index is 784. The van der Waals surface area contributed by atoms with Crippen molar-refractivity contribution in [2.45, 2.75) is 31.8 Å². The highest BCUT2D eigenvalue weighted by Gasteiger charge is 2.42. The highest BCUT2D eigenvalue weighted by molar-refractivity contribution is 5.93. The number of aromatic nitrogens is 3. The lowest BCUT2D eigenvalue weighted by atomic mass is 9.92. The third kappa shape index (κ3) is 3.26. The van der Waals surface area contributed by atoms with Crippen LogP contribution in [0, 0.1) is 6.92 Å². The number of alkyl halides is 2. The number of likely N-dealkylation sites (tertiary alicyclic amines) is 1. The van der Waals surface area contributed by atoms with Crippen molar-refractivity contribution < 1.29 is 23.4 Å². The number of piperidine rings is 1. The Labute approximate surface area is 149 Å². The minimum absolute atomic E-state index is 0.0501. The molecule has 1 aliphatic heterocycles. The lowest BCUT2D eigenvalue weighted by Gasteiger charge is -2.37. The Kier molecular flexibility index (Phi) is 4.90. The van der Waals surface area contributed by atoms with Gasteiger partial charge in [0.25, 0.3) is 12.3 Å². The number of aliphatic hydroxyl groups is 1. The number of carbonyl (C=O) groups is 1. The maximum absolute atomic E-state index is 12.9. The van der Waals surface area contributed by atoms with Gasteiger partial charge in [0.1, 0.15) is 11.4 Å². The first-order chi connectivity index (χ1) is 12.4. The van der Waals surface area contributed by atoms with Crippen LogP contribution in [0.5, 0.6) is 5.75 Å². The molecule has 26 heavy (non-hydrogen) atoms. The number of methoxy groups -OCH3 is 1. The molecule has 1 aromatic carbocycles. The second-order valence-corrected chi connectivity index (χ2v) is 6.33. The van der Waals surface area contributed by atoms with Crippen molar-refractivity contribution in [2.24, 2.45) is 0 Å². The van der Waals surface area contributed by atoms with Crippen LogP contribution in [0.25, 0.3) is 5.69 Å². The Hall–Kier alpha value is -2.55. The molecule has 1 amide bonds. The lowest BCUT2D eigenvalue weighted by Crippen LogP contribution is -2.50. The van der Waals surface area contributed by atoms with E-state index in [0.717, 1.165) is 5.69 Å². The molecule has 7 nitrogen and oxygen atoms in total. The van der Waals surface area contributed by atoms with Crippen LogP contribution in [0.2, 0.25) is 0 Å². The topological polar surface area (TPSA) is 80.5 Å². The van der Waals surface area contributed by atoms with Crippen LogP contribution >= 0.6 is 0 Å². The average molecular weight is 366 g/mol. The van der Waals surface area contributed by atoms with E-state index in [1.54, 1.807) is 38.3 Å². The van der Waals surface area contributed by atoms with E-state index in [2.05, 4.69) is 10.3 Å². The van der Waals surface area contributed by atoms with E-state index in [1.165, 1.54) is 9.58 Å². The number of amides is 1. The fourth-order valence-electron chi connectivity index (χ4n) is 2.96. The minimum atomic E-state index is -2.82. The van der Waals surface area contributed by atoms with Crippen molar-refractivity contribution in [2.75, 3.05) is 20.2 Å². The average Bonchev–Trinajstić information content (AvgIpc) is 3.03. The molecule has 0 spiro atoms. The van der Waals surface area contributed by atoms with Gasteiger partial charge in [-0.15, -0.1) is 5.10 Å². The van der Waals surface area contributed by atoms with E-state index < -0.39 is 12.0 Å². The van der Waals surface area contributed by atoms with E-state index in [-0.39, 0.29) is 37.5 Å². The van der Waals surface area contributed by atoms with Gasteiger partial charge < -0.3 is 14.7 Å². The van der Waals surface area contributed by atoms with Crippen LogP contribution in [0.1, 0.15) is 29.0 Å². The first-order valence-electron chi connectivity index (χ1n) is 8.22. The summed E-state index contributed by atoms with van der Waals surface area (Å²) in [5, 5.41) is 17.8. The van der Waals surface area contributed by atoms with Gasteiger partial charge in [0.2, 0.25) is 0 Å². The zero-order valence-corrected chi connectivity index (χ0v) is 14.5. The number of rotatable bonds is 4. The van der Waals surface area contributed by atoms with Gasteiger partial charge in [-0.1, -0.05) is 5.21 Å². The van der Waals surface area contributed by atoms with Crippen LogP contribution in [0.3, 0.4) is 0 Å². The molecule has 1 N–H and O–H groups in total. The quantitative estimate of drug-likeness (QED) is 0.893. The van der Waals surface area contributed by atoms with Crippen molar-refractivity contribution >= 4 is 5.91 Å². The molecule has 0 bridgehead atoms. The number of benzene rings is 1. The Morgan fingerprint density at radius 3 is 2.42 bits per heavy atom. The van der Waals surface area contributed by atoms with Gasteiger partial charge in [0.05, 0.1) is 18.5 Å². The Morgan fingerprint density at radius 1 is 1.27 bits per heavy atom. The molecule has 0 aliphatic carbocycles. The van der Waals surface area contributed by atoms with Gasteiger partial charge in [-0.3, -0.25) is 4.79 Å². The summed E-state index contributed by atoms with van der Waals surface area (Å²) in [6.07, 6.45) is -3.15. The Morgan fingerprint density at radius 2 is 1.88 bits per heavy atom. The third-order valence-corrected chi connectivity index (χ3v) is 4.74. The molecular weight excluding hydrogens is 346 g/mol. The van der Waals surface area contributed by atoms with E-state index >= 15 is 0 Å². The van der Waals surface area contributed by atoms with Crippen LogP contribution in [0.4, 0.5) is 8.78 Å². The van der Waals surface area contributed by atoms with Gasteiger partial charge in [-0.05, 0) is 44.0 Å². The third-order valence-electron chi connectivity index (χ3n) is 4.74. The smallest absolute Gasteiger partial charge is 0.276 e. The van der Waals surface area contributed by atoms with Gasteiger partial charge in [0.15, 0.2) is 5.69 Å². The maximum Gasteiger partial charge on any atom is 0.276 e. The standard InChI is InChI=1S/C17H20F2N4O3/c1-11-14(15(24)22-9-7-17(25,8-10-22)16(18)19)20-21-23(11)12-3-5-13(26-2)6-4-12/h3-6,16,25H,7-10H2,1-2H3. The van der Waals surface area contributed by atoms with Crippen LogP contribution in [-0.2, 0) is 0 Å². The van der Waals surface area contributed by atoms with Crippen LogP contribution in [0.15, 0.2) is 24.3 Å². The lowest BCUT2D eigenvalue weighted by molar-refractivity contribution is -0.122. The monoisotopic (exact) mass is 366 g/mol. The molecule has 1 fully saturated rings.